The number of rotatable bonds is 6. The normalized spacial score (nSPS) is 24.7. The monoisotopic (exact) mass is 485 g/mol. The van der Waals surface area contributed by atoms with Crippen LogP contribution in [0, 0.1) is 11.8 Å². The van der Waals surface area contributed by atoms with E-state index in [1.165, 1.54) is 21.3 Å². The van der Waals surface area contributed by atoms with E-state index in [-0.39, 0.29) is 19.4 Å². The Morgan fingerprint density at radius 1 is 0.971 bits per heavy atom. The maximum Gasteiger partial charge on any atom is 0.323 e. The van der Waals surface area contributed by atoms with Crippen molar-refractivity contribution in [3.05, 3.63) is 41.0 Å². The lowest BCUT2D eigenvalue weighted by atomic mass is 9.66. The molecule has 2 aliphatic heterocycles. The third kappa shape index (κ3) is 3.68. The van der Waals surface area contributed by atoms with Crippen molar-refractivity contribution >= 4 is 11.9 Å². The Kier molecular flexibility index (Phi) is 5.84. The number of nitrogens with two attached hydrogens (primary N) is 1. The zero-order chi connectivity index (χ0) is 24.9. The average molecular weight is 485 g/mol. The first kappa shape index (κ1) is 23.1. The lowest BCUT2D eigenvalue weighted by Crippen LogP contribution is -2.39. The minimum atomic E-state index is -0.822. The highest BCUT2D eigenvalue weighted by Gasteiger charge is 2.54. The quantitative estimate of drug-likeness (QED) is 0.610. The lowest BCUT2D eigenvalue weighted by Gasteiger charge is -2.38. The molecule has 0 amide bonds. The molecule has 2 N–H and O–H groups in total. The van der Waals surface area contributed by atoms with Gasteiger partial charge in [-0.3, -0.25) is 9.59 Å². The van der Waals surface area contributed by atoms with Crippen molar-refractivity contribution in [3.8, 4) is 28.7 Å². The van der Waals surface area contributed by atoms with Crippen LogP contribution in [0.4, 0.5) is 0 Å². The van der Waals surface area contributed by atoms with E-state index in [4.69, 9.17) is 38.9 Å². The topological polar surface area (TPSA) is 125 Å². The second-order valence-corrected chi connectivity index (χ2v) is 8.74. The van der Waals surface area contributed by atoms with E-state index in [9.17, 15) is 9.59 Å². The van der Waals surface area contributed by atoms with Crippen LogP contribution >= 0.6 is 0 Å². The lowest BCUT2D eigenvalue weighted by molar-refractivity contribution is -0.155. The van der Waals surface area contributed by atoms with Crippen LogP contribution in [0.5, 0.6) is 28.7 Å². The van der Waals surface area contributed by atoms with Crippen molar-refractivity contribution in [3.63, 3.8) is 0 Å². The number of methoxy groups -OCH3 is 3. The van der Waals surface area contributed by atoms with Crippen LogP contribution in [0.25, 0.3) is 0 Å². The van der Waals surface area contributed by atoms with Crippen molar-refractivity contribution in [2.45, 2.75) is 25.0 Å². The van der Waals surface area contributed by atoms with Crippen LogP contribution in [0.1, 0.15) is 35.6 Å². The number of hydrogen-bond donors (Lipinski definition) is 1. The van der Waals surface area contributed by atoms with E-state index < -0.39 is 35.9 Å². The van der Waals surface area contributed by atoms with E-state index in [2.05, 4.69) is 0 Å². The largest absolute Gasteiger partial charge is 0.493 e. The van der Waals surface area contributed by atoms with E-state index >= 15 is 0 Å². The van der Waals surface area contributed by atoms with Gasteiger partial charge in [0.2, 0.25) is 12.5 Å². The molecule has 2 aromatic rings. The smallest absolute Gasteiger partial charge is 0.323 e. The van der Waals surface area contributed by atoms with Gasteiger partial charge in [-0.2, -0.15) is 0 Å². The van der Waals surface area contributed by atoms with Crippen molar-refractivity contribution < 1.29 is 42.7 Å². The Bertz CT molecular complexity index is 1150. The van der Waals surface area contributed by atoms with Crippen LogP contribution in [-0.4, -0.2) is 52.7 Å². The Balaban J connectivity index is 1.73. The predicted molar refractivity (Wildman–Crippen MR) is 121 cm³/mol. The Morgan fingerprint density at radius 3 is 2.17 bits per heavy atom. The predicted octanol–water partition coefficient (Wildman–Crippen LogP) is 2.31. The van der Waals surface area contributed by atoms with Gasteiger partial charge in [-0.05, 0) is 42.3 Å². The summed E-state index contributed by atoms with van der Waals surface area (Å²) in [7, 11) is 4.59. The Labute approximate surface area is 202 Å². The molecule has 2 aromatic carbocycles. The number of benzene rings is 2. The number of ether oxygens (including phenoxy) is 7. The van der Waals surface area contributed by atoms with Crippen molar-refractivity contribution in [1.29, 1.82) is 0 Å². The molecule has 0 aromatic heterocycles. The molecule has 1 saturated heterocycles. The Hall–Kier alpha value is -3.66. The molecule has 10 heteroatoms. The number of cyclic esters (lactones) is 1. The summed E-state index contributed by atoms with van der Waals surface area (Å²) >= 11 is 0. The van der Waals surface area contributed by atoms with Crippen molar-refractivity contribution in [2.24, 2.45) is 17.6 Å². The van der Waals surface area contributed by atoms with Crippen LogP contribution < -0.4 is 29.4 Å². The summed E-state index contributed by atoms with van der Waals surface area (Å²) in [6, 6.07) is 6.45. The molecule has 186 valence electrons. The number of carbonyl (C=O) groups excluding carboxylic acids is 2. The first-order valence-electron chi connectivity index (χ1n) is 11.2. The number of hydrogen-bond acceptors (Lipinski definition) is 10. The molecule has 0 bridgehead atoms. The molecule has 0 spiro atoms. The average Bonchev–Trinajstić information content (AvgIpc) is 3.48. The van der Waals surface area contributed by atoms with E-state index in [0.29, 0.717) is 34.3 Å². The Morgan fingerprint density at radius 2 is 1.60 bits per heavy atom. The molecular weight excluding hydrogens is 458 g/mol. The molecule has 5 atom stereocenters. The van der Waals surface area contributed by atoms with Gasteiger partial charge in [0.15, 0.2) is 23.0 Å². The summed E-state index contributed by atoms with van der Waals surface area (Å²) in [6.07, 6.45) is -0.743. The molecule has 0 saturated carbocycles. The molecule has 35 heavy (non-hydrogen) atoms. The van der Waals surface area contributed by atoms with Crippen molar-refractivity contribution in [1.82, 2.24) is 0 Å². The molecule has 5 rings (SSSR count). The van der Waals surface area contributed by atoms with Crippen LogP contribution in [0.15, 0.2) is 24.3 Å². The van der Waals surface area contributed by atoms with Gasteiger partial charge in [-0.1, -0.05) is 0 Å². The minimum Gasteiger partial charge on any atom is -0.493 e. The summed E-state index contributed by atoms with van der Waals surface area (Å²) in [5.74, 6) is -0.0230. The summed E-state index contributed by atoms with van der Waals surface area (Å²) in [5.41, 5.74) is 8.00. The molecule has 0 unspecified atom stereocenters. The van der Waals surface area contributed by atoms with Gasteiger partial charge in [-0.15, -0.1) is 0 Å². The molecular formula is C25H27NO9. The maximum absolute atomic E-state index is 13.1. The van der Waals surface area contributed by atoms with Gasteiger partial charge in [0, 0.05) is 17.4 Å². The number of esters is 2. The molecule has 2 heterocycles. The van der Waals surface area contributed by atoms with Gasteiger partial charge in [-0.25, -0.2) is 0 Å². The molecule has 0 radical (unpaired) electrons. The zero-order valence-corrected chi connectivity index (χ0v) is 19.9. The third-order valence-electron chi connectivity index (χ3n) is 6.78. The number of fused-ring (bicyclic) bond motifs is 3. The minimum absolute atomic E-state index is 0.0757. The second kappa shape index (κ2) is 8.84. The van der Waals surface area contributed by atoms with Crippen molar-refractivity contribution in [2.75, 3.05) is 34.7 Å². The van der Waals surface area contributed by atoms with E-state index in [1.807, 2.05) is 18.2 Å². The third-order valence-corrected chi connectivity index (χ3v) is 6.78. The highest BCUT2D eigenvalue weighted by atomic mass is 16.7. The van der Waals surface area contributed by atoms with E-state index in [0.717, 1.165) is 11.1 Å². The molecule has 1 fully saturated rings. The maximum atomic E-state index is 13.1. The first-order valence-corrected chi connectivity index (χ1v) is 11.2. The fourth-order valence-electron chi connectivity index (χ4n) is 5.18. The van der Waals surface area contributed by atoms with E-state index in [1.54, 1.807) is 13.0 Å². The highest BCUT2D eigenvalue weighted by molar-refractivity contribution is 5.80. The van der Waals surface area contributed by atoms with Gasteiger partial charge in [0.1, 0.15) is 12.1 Å². The molecule has 3 aliphatic rings. The summed E-state index contributed by atoms with van der Waals surface area (Å²) in [4.78, 5) is 25.6. The zero-order valence-electron chi connectivity index (χ0n) is 19.9. The van der Waals surface area contributed by atoms with Gasteiger partial charge >= 0.3 is 11.9 Å². The summed E-state index contributed by atoms with van der Waals surface area (Å²) in [6.45, 7) is 1.74. The van der Waals surface area contributed by atoms with Crippen LogP contribution in [-0.2, 0) is 19.1 Å². The SMILES string of the molecule is COc1cc([C@@H]2c3cc4c(cc3[C@H](OC(=O)[C@H](C)N)[C@H]3COC(=O)[C@H]23)OCO4)cc(OC)c1OC. The standard InChI is InChI=1S/C25H27NO9/c1-11(26)24(27)35-22-14-8-17-16(33-10-34-17)7-13(14)20(21-15(22)9-32-25(21)28)12-5-18(29-2)23(31-4)19(6-12)30-3/h5-8,11,15,20-22H,9-10,26H2,1-4H3/t11-,15-,20+,21-,22-/m0/s1. The fraction of sp³-hybridized carbons (Fsp3) is 0.440. The summed E-state index contributed by atoms with van der Waals surface area (Å²) < 4.78 is 39.2. The second-order valence-electron chi connectivity index (χ2n) is 8.74. The van der Waals surface area contributed by atoms with Crippen LogP contribution in [0.3, 0.4) is 0 Å². The molecule has 10 nitrogen and oxygen atoms in total. The summed E-state index contributed by atoms with van der Waals surface area (Å²) in [5, 5.41) is 0. The number of carbonyl (C=O) groups is 2. The molecule has 1 aliphatic carbocycles. The van der Waals surface area contributed by atoms with Gasteiger partial charge in [0.05, 0.1) is 33.9 Å². The fourth-order valence-corrected chi connectivity index (χ4v) is 5.18. The van der Waals surface area contributed by atoms with Crippen LogP contribution in [0.2, 0.25) is 0 Å². The highest BCUT2D eigenvalue weighted by Crippen LogP contribution is 2.56. The van der Waals surface area contributed by atoms with Gasteiger partial charge in [0.25, 0.3) is 0 Å². The first-order chi connectivity index (χ1) is 16.9. The van der Waals surface area contributed by atoms with Gasteiger partial charge < -0.3 is 38.9 Å².